The number of alkyl halides is 2. The zero-order valence-electron chi connectivity index (χ0n) is 13.3. The number of benzene rings is 1. The second-order valence-electron chi connectivity index (χ2n) is 6.71. The second kappa shape index (κ2) is 5.31. The van der Waals surface area contributed by atoms with E-state index in [0.29, 0.717) is 6.42 Å². The smallest absolute Gasteiger partial charge is 0.231 e. The quantitative estimate of drug-likeness (QED) is 0.769. The topological polar surface area (TPSA) is 23.6 Å². The van der Waals surface area contributed by atoms with Crippen LogP contribution in [-0.2, 0) is 4.79 Å². The van der Waals surface area contributed by atoms with Gasteiger partial charge in [-0.2, -0.15) is 0 Å². The first-order chi connectivity index (χ1) is 10.3. The zero-order valence-corrected chi connectivity index (χ0v) is 14.8. The Hall–Kier alpha value is -0.930. The van der Waals surface area contributed by atoms with E-state index in [0.717, 1.165) is 26.2 Å². The molecule has 3 nitrogen and oxygen atoms in total. The van der Waals surface area contributed by atoms with Gasteiger partial charge in [-0.25, -0.2) is 0 Å². The molecule has 0 spiro atoms. The van der Waals surface area contributed by atoms with Gasteiger partial charge in [0.1, 0.15) is 4.33 Å². The zero-order chi connectivity index (χ0) is 16.1. The third kappa shape index (κ3) is 2.48. The van der Waals surface area contributed by atoms with Gasteiger partial charge in [0.05, 0.1) is 5.41 Å². The lowest BCUT2D eigenvalue weighted by Gasteiger charge is -2.38. The minimum Gasteiger partial charge on any atom is -0.368 e. The van der Waals surface area contributed by atoms with Crippen LogP contribution in [0.15, 0.2) is 18.2 Å². The van der Waals surface area contributed by atoms with E-state index in [1.165, 1.54) is 16.8 Å². The molecule has 0 unspecified atom stereocenters. The fourth-order valence-corrected chi connectivity index (χ4v) is 3.91. The van der Waals surface area contributed by atoms with Crippen LogP contribution in [0, 0.1) is 19.3 Å². The molecule has 0 bridgehead atoms. The summed E-state index contributed by atoms with van der Waals surface area (Å²) in [5, 5.41) is 0. The van der Waals surface area contributed by atoms with Gasteiger partial charge in [0, 0.05) is 31.9 Å². The first-order valence-corrected chi connectivity index (χ1v) is 8.50. The number of anilines is 1. The van der Waals surface area contributed by atoms with Crippen molar-refractivity contribution in [2.45, 2.75) is 31.5 Å². The van der Waals surface area contributed by atoms with Crippen LogP contribution in [0.5, 0.6) is 0 Å². The number of halogens is 2. The molecule has 1 aliphatic heterocycles. The highest BCUT2D eigenvalue weighted by Gasteiger charge is 2.68. The van der Waals surface area contributed by atoms with Crippen molar-refractivity contribution in [2.24, 2.45) is 5.41 Å². The van der Waals surface area contributed by atoms with Crippen molar-refractivity contribution in [1.82, 2.24) is 4.90 Å². The fourth-order valence-electron chi connectivity index (χ4n) is 3.21. The minimum absolute atomic E-state index is 0.0955. The lowest BCUT2D eigenvalue weighted by molar-refractivity contribution is -0.136. The van der Waals surface area contributed by atoms with E-state index < -0.39 is 9.75 Å². The van der Waals surface area contributed by atoms with Crippen molar-refractivity contribution < 1.29 is 4.79 Å². The van der Waals surface area contributed by atoms with E-state index in [-0.39, 0.29) is 5.91 Å². The SMILES string of the molecule is Cc1cccc(N2CCN(C(=O)[C@@]3(C)CC3(Cl)Cl)CC2)c1C. The van der Waals surface area contributed by atoms with Crippen molar-refractivity contribution in [2.75, 3.05) is 31.1 Å². The summed E-state index contributed by atoms with van der Waals surface area (Å²) >= 11 is 12.3. The first kappa shape index (κ1) is 15.9. The maximum atomic E-state index is 12.6. The predicted octanol–water partition coefficient (Wildman–Crippen LogP) is 3.54. The van der Waals surface area contributed by atoms with Gasteiger partial charge in [-0.1, -0.05) is 12.1 Å². The van der Waals surface area contributed by atoms with Crippen LogP contribution in [0.25, 0.3) is 0 Å². The number of amides is 1. The molecular formula is C17H22Cl2N2O. The summed E-state index contributed by atoms with van der Waals surface area (Å²) in [6, 6.07) is 6.38. The summed E-state index contributed by atoms with van der Waals surface area (Å²) in [5.74, 6) is 0.0955. The van der Waals surface area contributed by atoms with Gasteiger partial charge in [-0.15, -0.1) is 23.2 Å². The summed E-state index contributed by atoms with van der Waals surface area (Å²) < 4.78 is -0.881. The molecule has 0 aromatic heterocycles. The van der Waals surface area contributed by atoms with Gasteiger partial charge < -0.3 is 9.80 Å². The van der Waals surface area contributed by atoms with Crippen molar-refractivity contribution in [3.8, 4) is 0 Å². The van der Waals surface area contributed by atoms with E-state index in [2.05, 4.69) is 36.9 Å². The lowest BCUT2D eigenvalue weighted by Crippen LogP contribution is -2.51. The van der Waals surface area contributed by atoms with E-state index in [1.807, 2.05) is 11.8 Å². The van der Waals surface area contributed by atoms with Crippen molar-refractivity contribution >= 4 is 34.8 Å². The Kier molecular flexibility index (Phi) is 3.85. The molecule has 1 saturated heterocycles. The van der Waals surface area contributed by atoms with Gasteiger partial charge in [-0.05, 0) is 44.4 Å². The van der Waals surface area contributed by atoms with E-state index in [4.69, 9.17) is 23.2 Å². The van der Waals surface area contributed by atoms with Crippen LogP contribution in [0.3, 0.4) is 0 Å². The highest BCUT2D eigenvalue weighted by atomic mass is 35.5. The number of carbonyl (C=O) groups excluding carboxylic acids is 1. The number of carbonyl (C=O) groups is 1. The third-order valence-electron chi connectivity index (χ3n) is 5.21. The predicted molar refractivity (Wildman–Crippen MR) is 91.9 cm³/mol. The van der Waals surface area contributed by atoms with E-state index in [1.54, 1.807) is 0 Å². The average Bonchev–Trinajstić information content (AvgIpc) is 3.01. The molecule has 1 saturated carbocycles. The summed E-state index contributed by atoms with van der Waals surface area (Å²) in [7, 11) is 0. The molecule has 2 aliphatic rings. The van der Waals surface area contributed by atoms with Crippen LogP contribution < -0.4 is 4.90 Å². The number of hydrogen-bond donors (Lipinski definition) is 0. The lowest BCUT2D eigenvalue weighted by atomic mass is 10.1. The van der Waals surface area contributed by atoms with E-state index >= 15 is 0 Å². The Morgan fingerprint density at radius 2 is 1.73 bits per heavy atom. The summed E-state index contributed by atoms with van der Waals surface area (Å²) in [4.78, 5) is 16.9. The molecular weight excluding hydrogens is 319 g/mol. The molecule has 0 N–H and O–H groups in total. The van der Waals surface area contributed by atoms with Crippen LogP contribution in [0.2, 0.25) is 0 Å². The number of rotatable bonds is 2. The highest BCUT2D eigenvalue weighted by Crippen LogP contribution is 2.64. The van der Waals surface area contributed by atoms with Crippen LogP contribution in [-0.4, -0.2) is 41.3 Å². The summed E-state index contributed by atoms with van der Waals surface area (Å²) in [5.41, 5.74) is 3.29. The van der Waals surface area contributed by atoms with Gasteiger partial charge >= 0.3 is 0 Å². The molecule has 1 heterocycles. The van der Waals surface area contributed by atoms with Crippen molar-refractivity contribution in [3.63, 3.8) is 0 Å². The van der Waals surface area contributed by atoms with Crippen LogP contribution >= 0.6 is 23.2 Å². The maximum Gasteiger partial charge on any atom is 0.231 e. The molecule has 1 atom stereocenters. The average molecular weight is 341 g/mol. The molecule has 1 aromatic carbocycles. The minimum atomic E-state index is -0.881. The Labute approximate surface area is 142 Å². The van der Waals surface area contributed by atoms with Gasteiger partial charge in [-0.3, -0.25) is 4.79 Å². The van der Waals surface area contributed by atoms with Crippen LogP contribution in [0.1, 0.15) is 24.5 Å². The number of hydrogen-bond acceptors (Lipinski definition) is 2. The Bertz CT molecular complexity index is 609. The molecule has 1 aromatic rings. The fraction of sp³-hybridized carbons (Fsp3) is 0.588. The monoisotopic (exact) mass is 340 g/mol. The molecule has 1 amide bonds. The number of aryl methyl sites for hydroxylation is 1. The second-order valence-corrected chi connectivity index (χ2v) is 8.20. The first-order valence-electron chi connectivity index (χ1n) is 7.75. The summed E-state index contributed by atoms with van der Waals surface area (Å²) in [6.07, 6.45) is 0.555. The molecule has 1 aliphatic carbocycles. The molecule has 2 fully saturated rings. The Morgan fingerprint density at radius 3 is 2.27 bits per heavy atom. The normalized spacial score (nSPS) is 27.0. The van der Waals surface area contributed by atoms with Gasteiger partial charge in [0.25, 0.3) is 0 Å². The largest absolute Gasteiger partial charge is 0.368 e. The molecule has 3 rings (SSSR count). The Balaban J connectivity index is 1.66. The number of piperazine rings is 1. The number of nitrogens with zero attached hydrogens (tertiary/aromatic N) is 2. The Morgan fingerprint density at radius 1 is 1.14 bits per heavy atom. The standard InChI is InChI=1S/C17H22Cl2N2O/c1-12-5-4-6-14(13(12)2)20-7-9-21(10-8-20)15(22)16(3)11-17(16,18)19/h4-6H,7-11H2,1-3H3/t16-/m1/s1. The van der Waals surface area contributed by atoms with Gasteiger partial charge in [0.2, 0.25) is 5.91 Å². The summed E-state index contributed by atoms with van der Waals surface area (Å²) in [6.45, 7) is 9.31. The van der Waals surface area contributed by atoms with Crippen LogP contribution in [0.4, 0.5) is 5.69 Å². The third-order valence-corrected chi connectivity index (χ3v) is 6.31. The van der Waals surface area contributed by atoms with E-state index in [9.17, 15) is 4.79 Å². The highest BCUT2D eigenvalue weighted by molar-refractivity contribution is 6.53. The molecule has 120 valence electrons. The maximum absolute atomic E-state index is 12.6. The molecule has 5 heteroatoms. The molecule has 22 heavy (non-hydrogen) atoms. The van der Waals surface area contributed by atoms with Crippen molar-refractivity contribution in [3.05, 3.63) is 29.3 Å². The molecule has 0 radical (unpaired) electrons. The van der Waals surface area contributed by atoms with Crippen molar-refractivity contribution in [1.29, 1.82) is 0 Å². The van der Waals surface area contributed by atoms with Gasteiger partial charge in [0.15, 0.2) is 0 Å².